The molecular formula is C17H22N2. The largest absolute Gasteiger partial charge is 0.305 e. The molecule has 1 N–H and O–H groups in total. The molecule has 0 saturated carbocycles. The van der Waals surface area contributed by atoms with E-state index in [1.807, 2.05) is 18.3 Å². The molecule has 0 bridgehead atoms. The summed E-state index contributed by atoms with van der Waals surface area (Å²) in [7, 11) is 0. The van der Waals surface area contributed by atoms with Crippen molar-refractivity contribution in [2.24, 2.45) is 0 Å². The highest BCUT2D eigenvalue weighted by molar-refractivity contribution is 5.39. The highest BCUT2D eigenvalue weighted by atomic mass is 14.9. The summed E-state index contributed by atoms with van der Waals surface area (Å²) in [4.78, 5) is 4.34. The summed E-state index contributed by atoms with van der Waals surface area (Å²) in [5.74, 6) is 0. The molecule has 0 aliphatic rings. The van der Waals surface area contributed by atoms with E-state index in [4.69, 9.17) is 0 Å². The van der Waals surface area contributed by atoms with Crippen LogP contribution in [0.4, 0.5) is 0 Å². The first-order valence-electron chi connectivity index (χ1n) is 6.79. The van der Waals surface area contributed by atoms with Crippen LogP contribution in [0.2, 0.25) is 0 Å². The van der Waals surface area contributed by atoms with Crippen molar-refractivity contribution in [3.05, 3.63) is 64.5 Å². The molecule has 1 atom stereocenters. The molecule has 2 rings (SSSR count). The van der Waals surface area contributed by atoms with Crippen LogP contribution in [0.1, 0.15) is 40.9 Å². The van der Waals surface area contributed by atoms with Crippen LogP contribution in [-0.4, -0.2) is 4.98 Å². The maximum atomic E-state index is 4.34. The Labute approximate surface area is 115 Å². The predicted octanol–water partition coefficient (Wildman–Crippen LogP) is 3.86. The van der Waals surface area contributed by atoms with Crippen LogP contribution in [0.25, 0.3) is 0 Å². The molecule has 2 nitrogen and oxygen atoms in total. The zero-order valence-corrected chi connectivity index (χ0v) is 12.2. The number of hydrogen-bond donors (Lipinski definition) is 1. The number of nitrogens with zero attached hydrogens (tertiary/aromatic N) is 1. The molecule has 0 amide bonds. The average molecular weight is 254 g/mol. The average Bonchev–Trinajstić information content (AvgIpc) is 2.36. The molecule has 100 valence electrons. The Morgan fingerprint density at radius 1 is 1.11 bits per heavy atom. The topological polar surface area (TPSA) is 24.9 Å². The molecule has 1 heterocycles. The molecule has 1 unspecified atom stereocenters. The lowest BCUT2D eigenvalue weighted by Gasteiger charge is -2.19. The van der Waals surface area contributed by atoms with Gasteiger partial charge in [-0.05, 0) is 56.5 Å². The van der Waals surface area contributed by atoms with Crippen molar-refractivity contribution >= 4 is 0 Å². The molecule has 0 fully saturated rings. The lowest BCUT2D eigenvalue weighted by Crippen LogP contribution is -2.20. The van der Waals surface area contributed by atoms with Crippen LogP contribution in [0.5, 0.6) is 0 Å². The highest BCUT2D eigenvalue weighted by Crippen LogP contribution is 2.23. The molecule has 2 aromatic rings. The second-order valence-electron chi connectivity index (χ2n) is 5.24. The van der Waals surface area contributed by atoms with E-state index in [1.165, 1.54) is 22.3 Å². The second kappa shape index (κ2) is 5.98. The van der Waals surface area contributed by atoms with E-state index in [0.29, 0.717) is 6.04 Å². The first-order chi connectivity index (χ1) is 9.08. The van der Waals surface area contributed by atoms with Crippen LogP contribution in [0.3, 0.4) is 0 Å². The zero-order chi connectivity index (χ0) is 13.8. The van der Waals surface area contributed by atoms with Gasteiger partial charge < -0.3 is 5.32 Å². The smallest absolute Gasteiger partial charge is 0.0541 e. The number of rotatable bonds is 4. The lowest BCUT2D eigenvalue weighted by atomic mass is 9.95. The number of hydrogen-bond acceptors (Lipinski definition) is 2. The Morgan fingerprint density at radius 2 is 1.79 bits per heavy atom. The minimum Gasteiger partial charge on any atom is -0.305 e. The maximum absolute atomic E-state index is 4.34. The van der Waals surface area contributed by atoms with E-state index in [1.54, 1.807) is 0 Å². The molecule has 1 aromatic heterocycles. The molecule has 0 radical (unpaired) electrons. The van der Waals surface area contributed by atoms with Gasteiger partial charge >= 0.3 is 0 Å². The second-order valence-corrected chi connectivity index (χ2v) is 5.24. The number of aryl methyl sites for hydroxylation is 3. The van der Waals surface area contributed by atoms with Crippen LogP contribution >= 0.6 is 0 Å². The predicted molar refractivity (Wildman–Crippen MR) is 80.1 cm³/mol. The van der Waals surface area contributed by atoms with Gasteiger partial charge in [0.2, 0.25) is 0 Å². The summed E-state index contributed by atoms with van der Waals surface area (Å²) in [6.45, 7) is 9.54. The molecule has 19 heavy (non-hydrogen) atoms. The molecular weight excluding hydrogens is 232 g/mol. The van der Waals surface area contributed by atoms with Gasteiger partial charge in [0.1, 0.15) is 0 Å². The third-order valence-electron chi connectivity index (χ3n) is 3.49. The van der Waals surface area contributed by atoms with Gasteiger partial charge in [-0.1, -0.05) is 23.8 Å². The summed E-state index contributed by atoms with van der Waals surface area (Å²) >= 11 is 0. The minimum absolute atomic E-state index is 0.336. The molecule has 0 spiro atoms. The number of benzene rings is 1. The Balaban J connectivity index is 2.10. The summed E-state index contributed by atoms with van der Waals surface area (Å²) in [6, 6.07) is 10.9. The fourth-order valence-corrected chi connectivity index (χ4v) is 2.74. The monoisotopic (exact) mass is 254 g/mol. The quantitative estimate of drug-likeness (QED) is 0.896. The van der Waals surface area contributed by atoms with Gasteiger partial charge in [0.15, 0.2) is 0 Å². The van der Waals surface area contributed by atoms with E-state index in [-0.39, 0.29) is 0 Å². The molecule has 0 aliphatic carbocycles. The van der Waals surface area contributed by atoms with E-state index >= 15 is 0 Å². The van der Waals surface area contributed by atoms with Gasteiger partial charge in [0.25, 0.3) is 0 Å². The lowest BCUT2D eigenvalue weighted by molar-refractivity contribution is 0.563. The minimum atomic E-state index is 0.336. The van der Waals surface area contributed by atoms with Gasteiger partial charge in [-0.15, -0.1) is 0 Å². The number of pyridine rings is 1. The SMILES string of the molecule is Cc1cc(C)c(C(C)NCc2ccccn2)c(C)c1. The van der Waals surface area contributed by atoms with E-state index in [2.05, 4.69) is 56.2 Å². The fourth-order valence-electron chi connectivity index (χ4n) is 2.74. The van der Waals surface area contributed by atoms with Crippen molar-refractivity contribution in [1.29, 1.82) is 0 Å². The van der Waals surface area contributed by atoms with Gasteiger partial charge in [-0.3, -0.25) is 4.98 Å². The van der Waals surface area contributed by atoms with Gasteiger partial charge in [0.05, 0.1) is 5.69 Å². The Bertz CT molecular complexity index is 523. The number of aromatic nitrogens is 1. The van der Waals surface area contributed by atoms with E-state index < -0.39 is 0 Å². The maximum Gasteiger partial charge on any atom is 0.0541 e. The van der Waals surface area contributed by atoms with Crippen LogP contribution in [-0.2, 0) is 6.54 Å². The third kappa shape index (κ3) is 3.42. The summed E-state index contributed by atoms with van der Waals surface area (Å²) in [5.41, 5.74) is 6.53. The molecule has 0 saturated heterocycles. The summed E-state index contributed by atoms with van der Waals surface area (Å²) in [5, 5.41) is 3.55. The Hall–Kier alpha value is -1.67. The van der Waals surface area contributed by atoms with Crippen LogP contribution in [0.15, 0.2) is 36.5 Å². The summed E-state index contributed by atoms with van der Waals surface area (Å²) < 4.78 is 0. The van der Waals surface area contributed by atoms with E-state index in [0.717, 1.165) is 12.2 Å². The van der Waals surface area contributed by atoms with Crippen molar-refractivity contribution in [1.82, 2.24) is 10.3 Å². The fraction of sp³-hybridized carbons (Fsp3) is 0.353. The summed E-state index contributed by atoms with van der Waals surface area (Å²) in [6.07, 6.45) is 1.84. The zero-order valence-electron chi connectivity index (χ0n) is 12.2. The first kappa shape index (κ1) is 13.8. The van der Waals surface area contributed by atoms with Crippen molar-refractivity contribution in [3.63, 3.8) is 0 Å². The van der Waals surface area contributed by atoms with Gasteiger partial charge in [-0.2, -0.15) is 0 Å². The number of nitrogens with one attached hydrogen (secondary N) is 1. The third-order valence-corrected chi connectivity index (χ3v) is 3.49. The first-order valence-corrected chi connectivity index (χ1v) is 6.79. The van der Waals surface area contributed by atoms with Crippen LogP contribution in [0, 0.1) is 20.8 Å². The highest BCUT2D eigenvalue weighted by Gasteiger charge is 2.11. The Kier molecular flexibility index (Phi) is 4.33. The standard InChI is InChI=1S/C17H22N2/c1-12-9-13(2)17(14(3)10-12)15(4)19-11-16-7-5-6-8-18-16/h5-10,15,19H,11H2,1-4H3. The van der Waals surface area contributed by atoms with Crippen LogP contribution < -0.4 is 5.32 Å². The van der Waals surface area contributed by atoms with Gasteiger partial charge in [-0.25, -0.2) is 0 Å². The van der Waals surface area contributed by atoms with Crippen molar-refractivity contribution in [3.8, 4) is 0 Å². The Morgan fingerprint density at radius 3 is 2.37 bits per heavy atom. The van der Waals surface area contributed by atoms with E-state index in [9.17, 15) is 0 Å². The normalized spacial score (nSPS) is 12.4. The molecule has 0 aliphatic heterocycles. The van der Waals surface area contributed by atoms with Crippen molar-refractivity contribution in [2.45, 2.75) is 40.3 Å². The molecule has 2 heteroatoms. The van der Waals surface area contributed by atoms with Crippen molar-refractivity contribution < 1.29 is 0 Å². The molecule has 1 aromatic carbocycles. The van der Waals surface area contributed by atoms with Crippen molar-refractivity contribution in [2.75, 3.05) is 0 Å². The van der Waals surface area contributed by atoms with Gasteiger partial charge in [0, 0.05) is 18.8 Å².